The lowest BCUT2D eigenvalue weighted by Gasteiger charge is -2.44. The van der Waals surface area contributed by atoms with E-state index in [0.29, 0.717) is 11.6 Å². The molecule has 1 aromatic rings. The Balaban J connectivity index is 1.65. The molecule has 2 fully saturated rings. The molecule has 0 aromatic heterocycles. The van der Waals surface area contributed by atoms with Gasteiger partial charge >= 0.3 is 5.97 Å². The lowest BCUT2D eigenvalue weighted by molar-refractivity contribution is -0.140. The molecule has 0 radical (unpaired) electrons. The van der Waals surface area contributed by atoms with Crippen molar-refractivity contribution in [1.82, 2.24) is 10.2 Å². The summed E-state index contributed by atoms with van der Waals surface area (Å²) in [5.74, 6) is -0.678. The van der Waals surface area contributed by atoms with Crippen molar-refractivity contribution >= 4 is 23.5 Å². The van der Waals surface area contributed by atoms with E-state index in [9.17, 15) is 9.59 Å². The van der Waals surface area contributed by atoms with Crippen LogP contribution in [0.25, 0.3) is 0 Å². The molecule has 0 aliphatic heterocycles. The number of benzene rings is 1. The second-order valence-corrected chi connectivity index (χ2v) is 8.34. The third-order valence-electron chi connectivity index (χ3n) is 6.25. The zero-order chi connectivity index (χ0) is 19.4. The molecule has 0 spiro atoms. The number of aliphatic carboxylic acids is 1. The van der Waals surface area contributed by atoms with E-state index in [1.165, 1.54) is 6.42 Å². The summed E-state index contributed by atoms with van der Waals surface area (Å²) in [5.41, 5.74) is 0.598. The molecule has 2 N–H and O–H groups in total. The predicted octanol–water partition coefficient (Wildman–Crippen LogP) is 3.60. The smallest absolute Gasteiger partial charge is 0.317 e. The predicted molar refractivity (Wildman–Crippen MR) is 106 cm³/mol. The molecule has 148 valence electrons. The van der Waals surface area contributed by atoms with Gasteiger partial charge in [-0.15, -0.1) is 0 Å². The van der Waals surface area contributed by atoms with Crippen molar-refractivity contribution < 1.29 is 14.7 Å². The average Bonchev–Trinajstić information content (AvgIpc) is 2.63. The maximum absolute atomic E-state index is 13.3. The highest BCUT2D eigenvalue weighted by atomic mass is 35.5. The Hall–Kier alpha value is -1.59. The van der Waals surface area contributed by atoms with Crippen LogP contribution in [-0.4, -0.2) is 47.1 Å². The van der Waals surface area contributed by atoms with Crippen LogP contribution in [-0.2, 0) is 15.0 Å². The number of rotatable bonds is 7. The van der Waals surface area contributed by atoms with E-state index in [1.54, 1.807) is 0 Å². The number of likely N-dealkylation sites (N-methyl/N-ethyl adjacent to an activating group) is 1. The monoisotopic (exact) mass is 392 g/mol. The maximum Gasteiger partial charge on any atom is 0.317 e. The van der Waals surface area contributed by atoms with Gasteiger partial charge in [-0.2, -0.15) is 0 Å². The fourth-order valence-electron chi connectivity index (χ4n) is 4.57. The third-order valence-corrected chi connectivity index (χ3v) is 6.50. The van der Waals surface area contributed by atoms with Crippen molar-refractivity contribution in [3.05, 3.63) is 34.9 Å². The fourth-order valence-corrected chi connectivity index (χ4v) is 4.70. The molecule has 0 bridgehead atoms. The summed E-state index contributed by atoms with van der Waals surface area (Å²) in [6.07, 6.45) is 6.69. The molecule has 6 heteroatoms. The number of hydrogen-bond donors (Lipinski definition) is 2. The number of amides is 1. The lowest BCUT2D eigenvalue weighted by Crippen LogP contribution is -2.58. The Bertz CT molecular complexity index is 665. The molecule has 1 amide bonds. The first-order chi connectivity index (χ1) is 12.9. The van der Waals surface area contributed by atoms with Gasteiger partial charge in [0, 0.05) is 17.1 Å². The van der Waals surface area contributed by atoms with Gasteiger partial charge in [-0.1, -0.05) is 49.9 Å². The Morgan fingerprint density at radius 2 is 1.81 bits per heavy atom. The van der Waals surface area contributed by atoms with Crippen molar-refractivity contribution in [1.29, 1.82) is 0 Å². The first-order valence-corrected chi connectivity index (χ1v) is 10.4. The van der Waals surface area contributed by atoms with Crippen molar-refractivity contribution in [3.63, 3.8) is 0 Å². The minimum absolute atomic E-state index is 0.0660. The van der Waals surface area contributed by atoms with E-state index < -0.39 is 11.4 Å². The van der Waals surface area contributed by atoms with Gasteiger partial charge in [0.25, 0.3) is 0 Å². The summed E-state index contributed by atoms with van der Waals surface area (Å²) in [4.78, 5) is 26.2. The van der Waals surface area contributed by atoms with Crippen molar-refractivity contribution in [3.8, 4) is 0 Å². The van der Waals surface area contributed by atoms with Crippen LogP contribution in [0.3, 0.4) is 0 Å². The van der Waals surface area contributed by atoms with Crippen LogP contribution in [0.1, 0.15) is 57.4 Å². The molecule has 0 saturated heterocycles. The van der Waals surface area contributed by atoms with Crippen LogP contribution in [0.5, 0.6) is 0 Å². The standard InChI is InChI=1S/C21H29ClN2O3/c1-2-24(14-19(25)26)18-12-17(13-18)23-20(27)21(10-4-3-5-11-21)15-6-8-16(22)9-7-15/h6-9,17-18H,2-5,10-14H2,1H3,(H,23,27)(H,25,26). The first-order valence-electron chi connectivity index (χ1n) is 9.97. The number of carbonyl (C=O) groups excluding carboxylic acids is 1. The van der Waals surface area contributed by atoms with Crippen LogP contribution < -0.4 is 5.32 Å². The number of halogens is 1. The van der Waals surface area contributed by atoms with Gasteiger partial charge in [0.2, 0.25) is 5.91 Å². The molecule has 3 rings (SSSR count). The molecule has 2 aliphatic rings. The van der Waals surface area contributed by atoms with Crippen LogP contribution in [0.4, 0.5) is 0 Å². The molecule has 5 nitrogen and oxygen atoms in total. The number of carboxylic acid groups (broad SMARTS) is 1. The van der Waals surface area contributed by atoms with E-state index >= 15 is 0 Å². The van der Waals surface area contributed by atoms with E-state index in [-0.39, 0.29) is 24.5 Å². The summed E-state index contributed by atoms with van der Waals surface area (Å²) in [6, 6.07) is 8.09. The zero-order valence-electron chi connectivity index (χ0n) is 15.9. The molecular formula is C21H29ClN2O3. The topological polar surface area (TPSA) is 69.6 Å². The summed E-state index contributed by atoms with van der Waals surface area (Å²) < 4.78 is 0. The zero-order valence-corrected chi connectivity index (χ0v) is 16.7. The van der Waals surface area contributed by atoms with Gasteiger partial charge in [0.1, 0.15) is 0 Å². The lowest BCUT2D eigenvalue weighted by atomic mass is 9.68. The second kappa shape index (κ2) is 8.61. The minimum atomic E-state index is -0.798. The van der Waals surface area contributed by atoms with E-state index in [0.717, 1.165) is 44.1 Å². The third kappa shape index (κ3) is 4.46. The van der Waals surface area contributed by atoms with Crippen molar-refractivity contribution in [2.45, 2.75) is 69.4 Å². The highest BCUT2D eigenvalue weighted by molar-refractivity contribution is 6.30. The summed E-state index contributed by atoms with van der Waals surface area (Å²) in [6.45, 7) is 2.76. The van der Waals surface area contributed by atoms with Gasteiger partial charge in [0.05, 0.1) is 12.0 Å². The number of carbonyl (C=O) groups is 2. The van der Waals surface area contributed by atoms with Gasteiger partial charge in [-0.3, -0.25) is 14.5 Å². The molecule has 2 saturated carbocycles. The molecular weight excluding hydrogens is 364 g/mol. The Kier molecular flexibility index (Phi) is 6.43. The number of nitrogens with zero attached hydrogens (tertiary/aromatic N) is 1. The Morgan fingerprint density at radius 3 is 2.37 bits per heavy atom. The van der Waals surface area contributed by atoms with Crippen LogP contribution in [0.2, 0.25) is 5.02 Å². The largest absolute Gasteiger partial charge is 0.480 e. The molecule has 2 aliphatic carbocycles. The van der Waals surface area contributed by atoms with Crippen molar-refractivity contribution in [2.75, 3.05) is 13.1 Å². The SMILES string of the molecule is CCN(CC(=O)O)C1CC(NC(=O)C2(c3ccc(Cl)cc3)CCCCC2)C1. The number of hydrogen-bond acceptors (Lipinski definition) is 3. The van der Waals surface area contributed by atoms with Gasteiger partial charge in [0.15, 0.2) is 0 Å². The highest BCUT2D eigenvalue weighted by Crippen LogP contribution is 2.41. The van der Waals surface area contributed by atoms with Gasteiger partial charge < -0.3 is 10.4 Å². The highest BCUT2D eigenvalue weighted by Gasteiger charge is 2.43. The fraction of sp³-hybridized carbons (Fsp3) is 0.619. The molecule has 0 unspecified atom stereocenters. The average molecular weight is 393 g/mol. The first kappa shape index (κ1) is 20.2. The van der Waals surface area contributed by atoms with Crippen LogP contribution in [0, 0.1) is 0 Å². The summed E-state index contributed by atoms with van der Waals surface area (Å²) >= 11 is 6.04. The second-order valence-electron chi connectivity index (χ2n) is 7.90. The number of carboxylic acids is 1. The molecule has 27 heavy (non-hydrogen) atoms. The van der Waals surface area contributed by atoms with Crippen molar-refractivity contribution in [2.24, 2.45) is 0 Å². The number of nitrogens with one attached hydrogen (secondary N) is 1. The minimum Gasteiger partial charge on any atom is -0.480 e. The molecule has 0 heterocycles. The summed E-state index contributed by atoms with van der Waals surface area (Å²) in [5, 5.41) is 13.0. The van der Waals surface area contributed by atoms with Crippen LogP contribution >= 0.6 is 11.6 Å². The molecule has 0 atom stereocenters. The van der Waals surface area contributed by atoms with Gasteiger partial charge in [-0.05, 0) is 49.9 Å². The Labute approximate surface area is 166 Å². The quantitative estimate of drug-likeness (QED) is 0.743. The maximum atomic E-state index is 13.3. The van der Waals surface area contributed by atoms with E-state index in [4.69, 9.17) is 16.7 Å². The molecule has 1 aromatic carbocycles. The normalized spacial score (nSPS) is 24.3. The van der Waals surface area contributed by atoms with E-state index in [1.807, 2.05) is 36.1 Å². The summed E-state index contributed by atoms with van der Waals surface area (Å²) in [7, 11) is 0. The van der Waals surface area contributed by atoms with Crippen LogP contribution in [0.15, 0.2) is 24.3 Å². The van der Waals surface area contributed by atoms with E-state index in [2.05, 4.69) is 5.32 Å². The van der Waals surface area contributed by atoms with Gasteiger partial charge in [-0.25, -0.2) is 0 Å². The Morgan fingerprint density at radius 1 is 1.19 bits per heavy atom.